The maximum atomic E-state index is 13.7. The molecule has 0 spiro atoms. The van der Waals surface area contributed by atoms with Gasteiger partial charge in [0, 0.05) is 23.7 Å². The first-order valence-corrected chi connectivity index (χ1v) is 14.0. The van der Waals surface area contributed by atoms with Gasteiger partial charge in [0.25, 0.3) is 0 Å². The number of esters is 1. The van der Waals surface area contributed by atoms with Crippen LogP contribution in [0.15, 0.2) is 67.4 Å². The van der Waals surface area contributed by atoms with Gasteiger partial charge < -0.3 is 9.47 Å². The topological polar surface area (TPSA) is 51.7 Å². The van der Waals surface area contributed by atoms with E-state index in [4.69, 9.17) is 9.47 Å². The van der Waals surface area contributed by atoms with Crippen molar-refractivity contribution in [1.29, 1.82) is 0 Å². The number of hydrogen-bond donors (Lipinski definition) is 0. The van der Waals surface area contributed by atoms with Gasteiger partial charge in [-0.25, -0.2) is 0 Å². The Balaban J connectivity index is 1.47. The standard InChI is InChI=1S/C33H40N2O3/c1-6-24-20-35-16-14-26(24)18-31(35)32(28-13-15-34-30-12-11-27(37-5)19-29(28)30)38-33(36)22(4)25-9-7-23(8-10-25)17-21(2)3/h6-13,15,19,21-22,24,26,31-32H,1,14,16-18,20H2,2-5H3/t22-,24-,26-,31+,32-/m0/s1. The molecule has 3 fully saturated rings. The third kappa shape index (κ3) is 5.35. The molecule has 5 heteroatoms. The van der Waals surface area contributed by atoms with E-state index in [0.717, 1.165) is 60.1 Å². The molecule has 1 unspecified atom stereocenters. The Labute approximate surface area is 226 Å². The summed E-state index contributed by atoms with van der Waals surface area (Å²) in [6.07, 6.45) is 6.72. The summed E-state index contributed by atoms with van der Waals surface area (Å²) in [6.45, 7) is 12.5. The molecule has 200 valence electrons. The Kier molecular flexibility index (Phi) is 7.85. The molecule has 0 aliphatic carbocycles. The molecule has 3 aliphatic rings. The summed E-state index contributed by atoms with van der Waals surface area (Å²) in [5, 5.41) is 0.971. The zero-order chi connectivity index (χ0) is 26.8. The van der Waals surface area contributed by atoms with E-state index in [-0.39, 0.29) is 17.9 Å². The van der Waals surface area contributed by atoms with Crippen LogP contribution in [0.3, 0.4) is 0 Å². The fourth-order valence-electron chi connectivity index (χ4n) is 6.34. The molecule has 6 rings (SSSR count). The minimum absolute atomic E-state index is 0.117. The quantitative estimate of drug-likeness (QED) is 0.235. The lowest BCUT2D eigenvalue weighted by atomic mass is 9.73. The predicted molar refractivity (Wildman–Crippen MR) is 152 cm³/mol. The van der Waals surface area contributed by atoms with Gasteiger partial charge in [-0.2, -0.15) is 0 Å². The maximum Gasteiger partial charge on any atom is 0.313 e. The highest BCUT2D eigenvalue weighted by atomic mass is 16.5. The molecule has 0 amide bonds. The van der Waals surface area contributed by atoms with Crippen LogP contribution in [0, 0.1) is 17.8 Å². The fraction of sp³-hybridized carbons (Fsp3) is 0.455. The number of carbonyl (C=O) groups is 1. The van der Waals surface area contributed by atoms with Crippen molar-refractivity contribution in [2.24, 2.45) is 17.8 Å². The minimum Gasteiger partial charge on any atom is -0.497 e. The van der Waals surface area contributed by atoms with Crippen LogP contribution in [0.2, 0.25) is 0 Å². The first kappa shape index (κ1) is 26.4. The molecule has 3 aliphatic heterocycles. The minimum atomic E-state index is -0.392. The molecule has 6 atom stereocenters. The molecular formula is C33H40N2O3. The lowest BCUT2D eigenvalue weighted by Gasteiger charge is -2.51. The molecule has 2 bridgehead atoms. The predicted octanol–water partition coefficient (Wildman–Crippen LogP) is 6.73. The number of aromatic nitrogens is 1. The van der Waals surface area contributed by atoms with E-state index < -0.39 is 6.10 Å². The van der Waals surface area contributed by atoms with Crippen LogP contribution in [-0.4, -0.2) is 42.1 Å². The van der Waals surface area contributed by atoms with Crippen molar-refractivity contribution in [3.63, 3.8) is 0 Å². The van der Waals surface area contributed by atoms with E-state index in [1.165, 1.54) is 5.56 Å². The number of piperidine rings is 3. The van der Waals surface area contributed by atoms with Crippen molar-refractivity contribution < 1.29 is 14.3 Å². The summed E-state index contributed by atoms with van der Waals surface area (Å²) >= 11 is 0. The molecule has 5 nitrogen and oxygen atoms in total. The number of carbonyl (C=O) groups excluding carboxylic acids is 1. The van der Waals surface area contributed by atoms with Crippen molar-refractivity contribution >= 4 is 16.9 Å². The van der Waals surface area contributed by atoms with Gasteiger partial charge in [0.05, 0.1) is 24.6 Å². The van der Waals surface area contributed by atoms with Crippen molar-refractivity contribution in [2.75, 3.05) is 20.2 Å². The Hall–Kier alpha value is -3.18. The number of benzene rings is 2. The number of pyridine rings is 1. The summed E-state index contributed by atoms with van der Waals surface area (Å²) in [4.78, 5) is 20.8. The second-order valence-corrected chi connectivity index (χ2v) is 11.4. The highest BCUT2D eigenvalue weighted by molar-refractivity contribution is 5.85. The second kappa shape index (κ2) is 11.3. The molecule has 2 aromatic carbocycles. The van der Waals surface area contributed by atoms with Gasteiger partial charge in [0.1, 0.15) is 11.9 Å². The normalized spacial score (nSPS) is 24.2. The smallest absolute Gasteiger partial charge is 0.313 e. The zero-order valence-corrected chi connectivity index (χ0v) is 23.1. The van der Waals surface area contributed by atoms with Crippen LogP contribution in [0.5, 0.6) is 5.75 Å². The summed E-state index contributed by atoms with van der Waals surface area (Å²) < 4.78 is 12.0. The van der Waals surface area contributed by atoms with Gasteiger partial charge in [-0.1, -0.05) is 44.2 Å². The molecule has 38 heavy (non-hydrogen) atoms. The van der Waals surface area contributed by atoms with Gasteiger partial charge in [0.15, 0.2) is 0 Å². The third-order valence-electron chi connectivity index (χ3n) is 8.51. The average molecular weight is 513 g/mol. The summed E-state index contributed by atoms with van der Waals surface area (Å²) in [5.74, 6) is 1.88. The summed E-state index contributed by atoms with van der Waals surface area (Å²) in [5.41, 5.74) is 4.15. The van der Waals surface area contributed by atoms with Crippen LogP contribution < -0.4 is 4.74 Å². The van der Waals surface area contributed by atoms with Gasteiger partial charge in [-0.15, -0.1) is 6.58 Å². The first-order chi connectivity index (χ1) is 18.4. The van der Waals surface area contributed by atoms with Crippen LogP contribution in [0.25, 0.3) is 10.9 Å². The fourth-order valence-corrected chi connectivity index (χ4v) is 6.34. The lowest BCUT2D eigenvalue weighted by Crippen LogP contribution is -2.55. The first-order valence-electron chi connectivity index (χ1n) is 14.0. The van der Waals surface area contributed by atoms with Gasteiger partial charge in [-0.3, -0.25) is 14.7 Å². The molecule has 4 heterocycles. The highest BCUT2D eigenvalue weighted by Crippen LogP contribution is 2.44. The zero-order valence-electron chi connectivity index (χ0n) is 23.1. The Bertz CT molecular complexity index is 1290. The molecule has 0 radical (unpaired) electrons. The van der Waals surface area contributed by atoms with Gasteiger partial charge in [-0.05, 0) is 85.9 Å². The molecule has 3 aromatic rings. The molecule has 0 N–H and O–H groups in total. The van der Waals surface area contributed by atoms with E-state index in [9.17, 15) is 4.79 Å². The van der Waals surface area contributed by atoms with Crippen LogP contribution in [0.4, 0.5) is 0 Å². The number of rotatable bonds is 9. The monoisotopic (exact) mass is 512 g/mol. The van der Waals surface area contributed by atoms with E-state index in [1.54, 1.807) is 7.11 Å². The van der Waals surface area contributed by atoms with Crippen LogP contribution in [0.1, 0.15) is 62.3 Å². The second-order valence-electron chi connectivity index (χ2n) is 11.4. The molecule has 1 aromatic heterocycles. The molecular weight excluding hydrogens is 472 g/mol. The maximum absolute atomic E-state index is 13.7. The van der Waals surface area contributed by atoms with Crippen molar-refractivity contribution in [3.8, 4) is 5.75 Å². The van der Waals surface area contributed by atoms with Crippen molar-refractivity contribution in [1.82, 2.24) is 9.88 Å². The van der Waals surface area contributed by atoms with Gasteiger partial charge in [0.2, 0.25) is 0 Å². The Morgan fingerprint density at radius 1 is 1.16 bits per heavy atom. The average Bonchev–Trinajstić information content (AvgIpc) is 2.95. The van der Waals surface area contributed by atoms with E-state index in [2.05, 4.69) is 60.7 Å². The number of ether oxygens (including phenoxy) is 2. The summed E-state index contributed by atoms with van der Waals surface area (Å²) in [7, 11) is 1.67. The number of nitrogens with zero attached hydrogens (tertiary/aromatic N) is 2. The lowest BCUT2D eigenvalue weighted by molar-refractivity contribution is -0.158. The number of methoxy groups -OCH3 is 1. The number of fused-ring (bicyclic) bond motifs is 4. The Morgan fingerprint density at radius 3 is 2.61 bits per heavy atom. The van der Waals surface area contributed by atoms with Crippen LogP contribution in [-0.2, 0) is 16.0 Å². The number of hydrogen-bond acceptors (Lipinski definition) is 5. The van der Waals surface area contributed by atoms with E-state index in [1.807, 2.05) is 37.4 Å². The van der Waals surface area contributed by atoms with Gasteiger partial charge >= 0.3 is 5.97 Å². The van der Waals surface area contributed by atoms with E-state index in [0.29, 0.717) is 17.8 Å². The SMILES string of the molecule is C=C[C@H]1CN2CC[C@H]1C[C@@H]2[C@@H](OC(=O)[C@@H](C)c1ccc(CC(C)C)cc1)c1ccnc2ccc(OC)cc12. The van der Waals surface area contributed by atoms with Crippen LogP contribution >= 0.6 is 0 Å². The van der Waals surface area contributed by atoms with Crippen molar-refractivity contribution in [2.45, 2.75) is 58.1 Å². The molecule has 3 saturated heterocycles. The van der Waals surface area contributed by atoms with Crippen molar-refractivity contribution in [3.05, 3.63) is 84.1 Å². The highest BCUT2D eigenvalue weighted by Gasteiger charge is 2.44. The molecule has 0 saturated carbocycles. The largest absolute Gasteiger partial charge is 0.497 e. The third-order valence-corrected chi connectivity index (χ3v) is 8.51. The Morgan fingerprint density at radius 2 is 1.95 bits per heavy atom. The summed E-state index contributed by atoms with van der Waals surface area (Å²) in [6, 6.07) is 16.5. The van der Waals surface area contributed by atoms with E-state index >= 15 is 0 Å².